The highest BCUT2D eigenvalue weighted by molar-refractivity contribution is 6.30. The number of hydrogen-bond donors (Lipinski definition) is 2. The fourth-order valence-corrected chi connectivity index (χ4v) is 3.31. The van der Waals surface area contributed by atoms with Gasteiger partial charge in [0.25, 0.3) is 0 Å². The van der Waals surface area contributed by atoms with Crippen molar-refractivity contribution in [2.24, 2.45) is 0 Å². The van der Waals surface area contributed by atoms with E-state index >= 15 is 0 Å². The Labute approximate surface area is 169 Å². The van der Waals surface area contributed by atoms with Crippen LogP contribution in [0.1, 0.15) is 38.5 Å². The van der Waals surface area contributed by atoms with E-state index in [9.17, 15) is 9.59 Å². The summed E-state index contributed by atoms with van der Waals surface area (Å²) in [6.07, 6.45) is 8.58. The molecule has 1 aliphatic rings. The van der Waals surface area contributed by atoms with Crippen LogP contribution in [0.25, 0.3) is 0 Å². The summed E-state index contributed by atoms with van der Waals surface area (Å²) in [5.74, 6) is 0.559. The van der Waals surface area contributed by atoms with Gasteiger partial charge in [-0.25, -0.2) is 0 Å². The van der Waals surface area contributed by atoms with Crippen LogP contribution in [0, 0.1) is 0 Å². The van der Waals surface area contributed by atoms with Gasteiger partial charge in [0.05, 0.1) is 18.5 Å². The number of amides is 2. The van der Waals surface area contributed by atoms with Gasteiger partial charge in [0.1, 0.15) is 12.3 Å². The average Bonchev–Trinajstić information content (AvgIpc) is 3.32. The second kappa shape index (κ2) is 10.1. The molecule has 0 unspecified atom stereocenters. The lowest BCUT2D eigenvalue weighted by Crippen LogP contribution is -2.35. The number of halogens is 1. The van der Waals surface area contributed by atoms with Gasteiger partial charge in [0, 0.05) is 23.7 Å². The van der Waals surface area contributed by atoms with Gasteiger partial charge in [-0.1, -0.05) is 24.4 Å². The SMILES string of the molecule is O=C(CCCOc1ccc(Cl)cc1)Nc1cnn(CC(=O)NC2CCCC2)c1. The van der Waals surface area contributed by atoms with Crippen molar-refractivity contribution in [1.82, 2.24) is 15.1 Å². The van der Waals surface area contributed by atoms with Crippen molar-refractivity contribution in [2.75, 3.05) is 11.9 Å². The largest absolute Gasteiger partial charge is 0.494 e. The highest BCUT2D eigenvalue weighted by Crippen LogP contribution is 2.18. The summed E-state index contributed by atoms with van der Waals surface area (Å²) in [4.78, 5) is 24.1. The first-order chi connectivity index (χ1) is 13.6. The molecule has 1 saturated carbocycles. The number of nitrogens with zero attached hydrogens (tertiary/aromatic N) is 2. The number of carbonyl (C=O) groups is 2. The van der Waals surface area contributed by atoms with E-state index in [-0.39, 0.29) is 24.4 Å². The minimum atomic E-state index is -0.116. The Bertz CT molecular complexity index is 785. The first kappa shape index (κ1) is 20.2. The molecule has 0 spiro atoms. The third-order valence-corrected chi connectivity index (χ3v) is 4.83. The van der Waals surface area contributed by atoms with Crippen molar-refractivity contribution in [3.63, 3.8) is 0 Å². The minimum absolute atomic E-state index is 0.0489. The molecule has 0 atom stereocenters. The molecule has 2 amide bonds. The topological polar surface area (TPSA) is 85.2 Å². The molecule has 1 aromatic heterocycles. The number of nitrogens with one attached hydrogen (secondary N) is 2. The Morgan fingerprint density at radius 1 is 1.18 bits per heavy atom. The molecule has 0 radical (unpaired) electrons. The zero-order chi connectivity index (χ0) is 19.8. The van der Waals surface area contributed by atoms with Crippen LogP contribution < -0.4 is 15.4 Å². The quantitative estimate of drug-likeness (QED) is 0.627. The Hall–Kier alpha value is -2.54. The van der Waals surface area contributed by atoms with Crippen LogP contribution in [0.15, 0.2) is 36.7 Å². The van der Waals surface area contributed by atoms with Crippen LogP contribution in [0.4, 0.5) is 5.69 Å². The Balaban J connectivity index is 1.34. The van der Waals surface area contributed by atoms with Crippen molar-refractivity contribution >= 4 is 29.1 Å². The van der Waals surface area contributed by atoms with Crippen LogP contribution in [0.3, 0.4) is 0 Å². The second-order valence-electron chi connectivity index (χ2n) is 6.93. The molecule has 1 fully saturated rings. The molecular weight excluding hydrogens is 380 g/mol. The second-order valence-corrected chi connectivity index (χ2v) is 7.37. The lowest BCUT2D eigenvalue weighted by Gasteiger charge is -2.11. The predicted octanol–water partition coefficient (Wildman–Crippen LogP) is 3.39. The van der Waals surface area contributed by atoms with Gasteiger partial charge >= 0.3 is 0 Å². The normalized spacial score (nSPS) is 14.0. The molecule has 1 heterocycles. The van der Waals surface area contributed by atoms with Gasteiger partial charge in [-0.05, 0) is 43.5 Å². The molecule has 2 aromatic rings. The highest BCUT2D eigenvalue weighted by atomic mass is 35.5. The van der Waals surface area contributed by atoms with Gasteiger partial charge < -0.3 is 15.4 Å². The maximum absolute atomic E-state index is 12.0. The van der Waals surface area contributed by atoms with E-state index < -0.39 is 0 Å². The zero-order valence-electron chi connectivity index (χ0n) is 15.7. The smallest absolute Gasteiger partial charge is 0.241 e. The highest BCUT2D eigenvalue weighted by Gasteiger charge is 2.17. The lowest BCUT2D eigenvalue weighted by atomic mass is 10.2. The summed E-state index contributed by atoms with van der Waals surface area (Å²) in [5, 5.41) is 10.6. The van der Waals surface area contributed by atoms with Crippen LogP contribution in [0.2, 0.25) is 5.02 Å². The molecular formula is C20H25ClN4O3. The fourth-order valence-electron chi connectivity index (χ4n) is 3.18. The average molecular weight is 405 g/mol. The molecule has 0 bridgehead atoms. The van der Waals surface area contributed by atoms with E-state index in [2.05, 4.69) is 15.7 Å². The molecule has 2 N–H and O–H groups in total. The van der Waals surface area contributed by atoms with E-state index in [1.807, 2.05) is 0 Å². The van der Waals surface area contributed by atoms with E-state index in [0.29, 0.717) is 30.2 Å². The van der Waals surface area contributed by atoms with Gasteiger partial charge in [-0.2, -0.15) is 5.10 Å². The van der Waals surface area contributed by atoms with E-state index in [0.717, 1.165) is 18.6 Å². The maximum atomic E-state index is 12.0. The monoisotopic (exact) mass is 404 g/mol. The molecule has 7 nitrogen and oxygen atoms in total. The summed E-state index contributed by atoms with van der Waals surface area (Å²) < 4.78 is 7.10. The summed E-state index contributed by atoms with van der Waals surface area (Å²) in [6.45, 7) is 0.594. The number of ether oxygens (including phenoxy) is 1. The van der Waals surface area contributed by atoms with Gasteiger partial charge in [-0.3, -0.25) is 14.3 Å². The number of rotatable bonds is 9. The van der Waals surface area contributed by atoms with Gasteiger partial charge in [-0.15, -0.1) is 0 Å². The van der Waals surface area contributed by atoms with Crippen LogP contribution >= 0.6 is 11.6 Å². The van der Waals surface area contributed by atoms with Crippen molar-refractivity contribution in [1.29, 1.82) is 0 Å². The van der Waals surface area contributed by atoms with Crippen LogP contribution in [-0.4, -0.2) is 34.2 Å². The summed E-state index contributed by atoms with van der Waals surface area (Å²) >= 11 is 5.82. The van der Waals surface area contributed by atoms with Crippen molar-refractivity contribution in [3.05, 3.63) is 41.7 Å². The Morgan fingerprint density at radius 3 is 2.68 bits per heavy atom. The number of hydrogen-bond acceptors (Lipinski definition) is 4. The van der Waals surface area contributed by atoms with Gasteiger partial charge in [0.2, 0.25) is 11.8 Å². The predicted molar refractivity (Wildman–Crippen MR) is 107 cm³/mol. The first-order valence-corrected chi connectivity index (χ1v) is 9.96. The zero-order valence-corrected chi connectivity index (χ0v) is 16.5. The molecule has 0 saturated heterocycles. The molecule has 150 valence electrons. The first-order valence-electron chi connectivity index (χ1n) is 9.58. The lowest BCUT2D eigenvalue weighted by molar-refractivity contribution is -0.122. The molecule has 8 heteroatoms. The molecule has 1 aliphatic carbocycles. The molecule has 28 heavy (non-hydrogen) atoms. The third kappa shape index (κ3) is 6.56. The third-order valence-electron chi connectivity index (χ3n) is 4.57. The number of benzene rings is 1. The maximum Gasteiger partial charge on any atom is 0.241 e. The summed E-state index contributed by atoms with van der Waals surface area (Å²) in [6, 6.07) is 7.39. The van der Waals surface area contributed by atoms with Crippen molar-refractivity contribution in [3.8, 4) is 5.75 Å². The van der Waals surface area contributed by atoms with Crippen molar-refractivity contribution in [2.45, 2.75) is 51.1 Å². The molecule has 1 aromatic carbocycles. The number of carbonyl (C=O) groups excluding carboxylic acids is 2. The summed E-state index contributed by atoms with van der Waals surface area (Å²) in [7, 11) is 0. The molecule has 3 rings (SSSR count). The summed E-state index contributed by atoms with van der Waals surface area (Å²) in [5.41, 5.74) is 0.581. The van der Waals surface area contributed by atoms with E-state index in [4.69, 9.17) is 16.3 Å². The Kier molecular flexibility index (Phi) is 7.31. The van der Waals surface area contributed by atoms with E-state index in [1.54, 1.807) is 36.7 Å². The van der Waals surface area contributed by atoms with Crippen LogP contribution in [-0.2, 0) is 16.1 Å². The Morgan fingerprint density at radius 2 is 1.93 bits per heavy atom. The number of anilines is 1. The van der Waals surface area contributed by atoms with Gasteiger partial charge in [0.15, 0.2) is 0 Å². The molecule has 0 aliphatic heterocycles. The number of aromatic nitrogens is 2. The standard InChI is InChI=1S/C20H25ClN4O3/c21-15-7-9-18(10-8-15)28-11-3-6-19(26)24-17-12-22-25(13-17)14-20(27)23-16-4-1-2-5-16/h7-10,12-13,16H,1-6,11,14H2,(H,23,27)(H,24,26). The minimum Gasteiger partial charge on any atom is -0.494 e. The van der Waals surface area contributed by atoms with Crippen LogP contribution in [0.5, 0.6) is 5.75 Å². The van der Waals surface area contributed by atoms with E-state index in [1.165, 1.54) is 17.5 Å². The fraction of sp³-hybridized carbons (Fsp3) is 0.450. The van der Waals surface area contributed by atoms with Crippen molar-refractivity contribution < 1.29 is 14.3 Å².